The molecular weight excluding hydrogens is 805 g/mol. The number of pyridine rings is 1. The second-order valence-electron chi connectivity index (χ2n) is 17.9. The van der Waals surface area contributed by atoms with Gasteiger partial charge in [-0.1, -0.05) is 44.1 Å². The summed E-state index contributed by atoms with van der Waals surface area (Å²) >= 11 is 0. The summed E-state index contributed by atoms with van der Waals surface area (Å²) in [6.45, 7) is 13.1. The number of aliphatic hydroxyl groups excluding tert-OH is 1. The minimum absolute atomic E-state index is 0.102. The normalized spacial score (nSPS) is 38.4. The Hall–Kier alpha value is -4.48. The molecule has 4 bridgehead atoms. The number of aliphatic hydroxyl groups is 2. The third kappa shape index (κ3) is 9.84. The molecule has 62 heavy (non-hydrogen) atoms. The minimum atomic E-state index is -1.88. The highest BCUT2D eigenvalue weighted by molar-refractivity contribution is 6.01. The lowest BCUT2D eigenvalue weighted by Gasteiger charge is -2.47. The molecule has 18 heteroatoms. The molecule has 14 atom stereocenters. The van der Waals surface area contributed by atoms with Gasteiger partial charge in [-0.15, -0.1) is 0 Å². The number of hydrogen-bond donors (Lipinski definition) is 2. The van der Waals surface area contributed by atoms with Gasteiger partial charge in [0.2, 0.25) is 6.10 Å². The van der Waals surface area contributed by atoms with Crippen molar-refractivity contribution in [1.82, 2.24) is 15.0 Å². The SMILES string of the molecule is CC[C@H]1OC(=O)[C@H](C)C(=O)[C@H](C)[C@@H](O[C@@H]2O[C@H](C)C[C@H](N(C)C)[C@H]2O)[C@@]2(C)C[C@@H](C)C3=NC(=O)C(Cc4cc(-c5cccc(C#N)n5)no4)O/N=C(\CO[C@@H]([C@@H]3C)[C@]1(C)O)CO2. The Balaban J connectivity index is 1.47. The summed E-state index contributed by atoms with van der Waals surface area (Å²) in [5.41, 5.74) is -1.87. The Kier molecular flexibility index (Phi) is 14.5. The number of ketones is 1. The van der Waals surface area contributed by atoms with E-state index in [0.29, 0.717) is 23.5 Å². The third-order valence-corrected chi connectivity index (χ3v) is 12.7. The van der Waals surface area contributed by atoms with Crippen molar-refractivity contribution in [2.45, 2.75) is 141 Å². The monoisotopic (exact) mass is 864 g/mol. The first-order chi connectivity index (χ1) is 29.3. The number of carbonyl (C=O) groups is 3. The number of likely N-dealkylation sites (N-methyl/N-ethyl adjacent to an activating group) is 1. The van der Waals surface area contributed by atoms with E-state index >= 15 is 0 Å². The van der Waals surface area contributed by atoms with E-state index in [-0.39, 0.29) is 61.8 Å². The number of hydrogen-bond acceptors (Lipinski definition) is 17. The van der Waals surface area contributed by atoms with Crippen molar-refractivity contribution in [3.63, 3.8) is 0 Å². The van der Waals surface area contributed by atoms with E-state index in [2.05, 4.69) is 15.3 Å². The Labute approximate surface area is 361 Å². The van der Waals surface area contributed by atoms with E-state index < -0.39 is 89.3 Å². The summed E-state index contributed by atoms with van der Waals surface area (Å²) in [6, 6.07) is 8.17. The van der Waals surface area contributed by atoms with E-state index in [1.807, 2.05) is 38.9 Å². The number of amides is 1. The number of Topliss-reactive ketones (excluding diaryl/α,β-unsaturated/α-hetero) is 1. The van der Waals surface area contributed by atoms with E-state index in [1.165, 1.54) is 13.8 Å². The predicted octanol–water partition coefficient (Wildman–Crippen LogP) is 3.45. The molecule has 2 N–H and O–H groups in total. The van der Waals surface area contributed by atoms with Crippen LogP contribution in [0.3, 0.4) is 0 Å². The molecule has 3 saturated heterocycles. The van der Waals surface area contributed by atoms with Crippen LogP contribution in [0, 0.1) is 35.0 Å². The van der Waals surface area contributed by atoms with Crippen LogP contribution in [0.25, 0.3) is 11.4 Å². The number of oxime groups is 1. The second-order valence-corrected chi connectivity index (χ2v) is 17.9. The summed E-state index contributed by atoms with van der Waals surface area (Å²) in [6.07, 6.45) is -6.74. The molecule has 0 aromatic carbocycles. The molecule has 4 aliphatic heterocycles. The lowest BCUT2D eigenvalue weighted by atomic mass is 9.73. The standard InChI is InChI=1S/C44H60N6O12/c1-11-34-44(8,55)39-24(4)35-22(2)18-43(7,38(25(5)36(51)26(6)41(54)59-34)60-42-37(52)32(50(9)10)15-23(3)58-42)57-21-28(20-56-39)48-62-33(40(53)47-35)17-29-16-31(49-61-29)30-14-12-13-27(19-45)46-30/h12-14,16,22-26,32-34,37-39,42,52,55H,11,15,17-18,20-21H2,1-10H3/b47-35?,48-28+/t22-,23-,24-,25+,26-,32+,33?,34-,37-,38-,39+,42+,43-,44-/m1/s1. The van der Waals surface area contributed by atoms with Gasteiger partial charge < -0.3 is 48.2 Å². The van der Waals surface area contributed by atoms with Gasteiger partial charge in [0, 0.05) is 29.7 Å². The summed E-state index contributed by atoms with van der Waals surface area (Å²) in [7, 11) is 3.71. The van der Waals surface area contributed by atoms with Crippen LogP contribution in [0.1, 0.15) is 86.1 Å². The first-order valence-electron chi connectivity index (χ1n) is 21.3. The number of aromatic nitrogens is 2. The Morgan fingerprint density at radius 3 is 2.48 bits per heavy atom. The smallest absolute Gasteiger partial charge is 0.316 e. The molecule has 6 heterocycles. The molecule has 2 aromatic rings. The highest BCUT2D eigenvalue weighted by Gasteiger charge is 2.53. The quantitative estimate of drug-likeness (QED) is 0.299. The largest absolute Gasteiger partial charge is 0.459 e. The zero-order valence-corrected chi connectivity index (χ0v) is 37.1. The molecule has 0 saturated carbocycles. The van der Waals surface area contributed by atoms with E-state index in [1.54, 1.807) is 52.0 Å². The second kappa shape index (κ2) is 19.1. The van der Waals surface area contributed by atoms with E-state index in [0.717, 1.165) is 0 Å². The van der Waals surface area contributed by atoms with E-state index in [4.69, 9.17) is 38.0 Å². The maximum absolute atomic E-state index is 14.5. The van der Waals surface area contributed by atoms with Gasteiger partial charge in [-0.05, 0) is 79.1 Å². The van der Waals surface area contributed by atoms with Crippen LogP contribution in [0.15, 0.2) is 38.9 Å². The van der Waals surface area contributed by atoms with Gasteiger partial charge in [0.05, 0.1) is 49.2 Å². The van der Waals surface area contributed by atoms with Gasteiger partial charge in [-0.3, -0.25) is 14.4 Å². The van der Waals surface area contributed by atoms with Crippen molar-refractivity contribution < 1.29 is 57.6 Å². The molecule has 0 aliphatic carbocycles. The van der Waals surface area contributed by atoms with Crippen molar-refractivity contribution in [1.29, 1.82) is 5.26 Å². The fraction of sp³-hybridized carbons (Fsp3) is 0.682. The predicted molar refractivity (Wildman–Crippen MR) is 221 cm³/mol. The maximum atomic E-state index is 14.5. The van der Waals surface area contributed by atoms with Gasteiger partial charge in [-0.25, -0.2) is 9.98 Å². The van der Waals surface area contributed by atoms with Crippen molar-refractivity contribution >= 4 is 29.1 Å². The van der Waals surface area contributed by atoms with Crippen LogP contribution in [0.5, 0.6) is 0 Å². The minimum Gasteiger partial charge on any atom is -0.459 e. The van der Waals surface area contributed by atoms with Gasteiger partial charge in [0.1, 0.15) is 52.7 Å². The number of fused-ring (bicyclic) bond motifs is 4. The zero-order chi connectivity index (χ0) is 45.3. The average molecular weight is 865 g/mol. The van der Waals surface area contributed by atoms with Gasteiger partial charge >= 0.3 is 5.97 Å². The van der Waals surface area contributed by atoms with Crippen molar-refractivity contribution in [2.75, 3.05) is 27.3 Å². The molecule has 4 aliphatic rings. The summed E-state index contributed by atoms with van der Waals surface area (Å²) in [5, 5.41) is 41.9. The number of cyclic esters (lactones) is 1. The van der Waals surface area contributed by atoms with Crippen LogP contribution < -0.4 is 0 Å². The molecule has 2 aromatic heterocycles. The van der Waals surface area contributed by atoms with Crippen LogP contribution in [0.2, 0.25) is 0 Å². The molecule has 1 unspecified atom stereocenters. The lowest BCUT2D eigenvalue weighted by molar-refractivity contribution is -0.296. The average Bonchev–Trinajstić information content (AvgIpc) is 3.70. The summed E-state index contributed by atoms with van der Waals surface area (Å²) < 4.78 is 38.0. The zero-order valence-electron chi connectivity index (χ0n) is 37.1. The number of ether oxygens (including phenoxy) is 5. The maximum Gasteiger partial charge on any atom is 0.316 e. The number of aliphatic imine (C=N–C) groups is 1. The Morgan fingerprint density at radius 1 is 1.05 bits per heavy atom. The van der Waals surface area contributed by atoms with Crippen LogP contribution in [-0.2, 0) is 49.3 Å². The topological polar surface area (TPSA) is 238 Å². The van der Waals surface area contributed by atoms with Crippen LogP contribution >= 0.6 is 0 Å². The van der Waals surface area contributed by atoms with Crippen molar-refractivity contribution in [3.8, 4) is 17.5 Å². The first-order valence-corrected chi connectivity index (χ1v) is 21.3. The fourth-order valence-electron chi connectivity index (χ4n) is 9.28. The highest BCUT2D eigenvalue weighted by Crippen LogP contribution is 2.40. The number of nitriles is 1. The molecule has 338 valence electrons. The number of esters is 1. The number of nitrogens with zero attached hydrogens (tertiary/aromatic N) is 6. The Morgan fingerprint density at radius 2 is 1.79 bits per heavy atom. The molecule has 0 radical (unpaired) electrons. The molecular formula is C44H60N6O12. The van der Waals surface area contributed by atoms with E-state index in [9.17, 15) is 29.9 Å². The third-order valence-electron chi connectivity index (χ3n) is 12.7. The van der Waals surface area contributed by atoms with Crippen molar-refractivity contribution in [2.24, 2.45) is 33.8 Å². The molecule has 1 amide bonds. The van der Waals surface area contributed by atoms with Crippen molar-refractivity contribution in [3.05, 3.63) is 35.7 Å². The lowest BCUT2D eigenvalue weighted by Crippen LogP contribution is -2.60. The first kappa shape index (κ1) is 47.0. The highest BCUT2D eigenvalue weighted by atomic mass is 16.7. The number of rotatable bonds is 7. The molecule has 18 nitrogen and oxygen atoms in total. The fourth-order valence-corrected chi connectivity index (χ4v) is 9.28. The molecule has 3 fully saturated rings. The van der Waals surface area contributed by atoms with Gasteiger partial charge in [-0.2, -0.15) is 5.26 Å². The summed E-state index contributed by atoms with van der Waals surface area (Å²) in [5.74, 6) is -5.54. The van der Waals surface area contributed by atoms with Gasteiger partial charge in [0.25, 0.3) is 5.91 Å². The van der Waals surface area contributed by atoms with Crippen LogP contribution in [-0.4, -0.2) is 142 Å². The molecule has 0 spiro atoms. The van der Waals surface area contributed by atoms with Crippen LogP contribution in [0.4, 0.5) is 0 Å². The molecule has 6 rings (SSSR count). The number of carbonyl (C=O) groups excluding carboxylic acids is 3. The summed E-state index contributed by atoms with van der Waals surface area (Å²) in [4.78, 5) is 59.7. The van der Waals surface area contributed by atoms with Gasteiger partial charge in [0.15, 0.2) is 12.1 Å². The Bertz CT molecular complexity index is 2060.